The summed E-state index contributed by atoms with van der Waals surface area (Å²) in [4.78, 5) is 0. The molecule has 3 aromatic carbocycles. The Hall–Kier alpha value is -2.94. The number of nitrogens with zero attached hydrogens (tertiary/aromatic N) is 2. The number of rotatable bonds is 2. The summed E-state index contributed by atoms with van der Waals surface area (Å²) in [6, 6.07) is 23.7. The first kappa shape index (κ1) is 12.6. The summed E-state index contributed by atoms with van der Waals surface area (Å²) in [5, 5.41) is 11.2. The second-order valence-electron chi connectivity index (χ2n) is 6.06. The summed E-state index contributed by atoms with van der Waals surface area (Å²) in [6.45, 7) is 0. The number of benzene rings is 3. The molecule has 0 fully saturated rings. The highest BCUT2D eigenvalue weighted by Gasteiger charge is 2.28. The highest BCUT2D eigenvalue weighted by atomic mass is 15.3. The van der Waals surface area contributed by atoms with Crippen molar-refractivity contribution in [2.45, 2.75) is 12.3 Å². The molecular formula is C20H15N3. The van der Waals surface area contributed by atoms with Crippen molar-refractivity contribution in [1.29, 1.82) is 0 Å². The second kappa shape index (κ2) is 4.78. The average molecular weight is 297 g/mol. The van der Waals surface area contributed by atoms with Gasteiger partial charge in [-0.15, -0.1) is 5.10 Å². The predicted octanol–water partition coefficient (Wildman–Crippen LogP) is 4.31. The minimum Gasteiger partial charge on any atom is -0.258 e. The van der Waals surface area contributed by atoms with Gasteiger partial charge in [-0.05, 0) is 40.3 Å². The molecule has 0 saturated carbocycles. The van der Waals surface area contributed by atoms with Crippen LogP contribution in [0.3, 0.4) is 0 Å². The Morgan fingerprint density at radius 1 is 0.783 bits per heavy atom. The summed E-state index contributed by atoms with van der Waals surface area (Å²) in [5.74, 6) is 0.379. The van der Waals surface area contributed by atoms with Gasteiger partial charge in [0.1, 0.15) is 5.52 Å². The predicted molar refractivity (Wildman–Crippen MR) is 91.3 cm³/mol. The first-order valence-electron chi connectivity index (χ1n) is 7.89. The molecule has 1 N–H and O–H groups in total. The summed E-state index contributed by atoms with van der Waals surface area (Å²) in [6.07, 6.45) is 0.942. The molecule has 3 heteroatoms. The van der Waals surface area contributed by atoms with E-state index in [9.17, 15) is 0 Å². The van der Waals surface area contributed by atoms with E-state index >= 15 is 0 Å². The van der Waals surface area contributed by atoms with Crippen LogP contribution >= 0.6 is 0 Å². The lowest BCUT2D eigenvalue weighted by Gasteiger charge is -2.14. The molecule has 0 unspecified atom stereocenters. The zero-order chi connectivity index (χ0) is 15.2. The van der Waals surface area contributed by atoms with Crippen LogP contribution in [0.15, 0.2) is 66.7 Å². The second-order valence-corrected chi connectivity index (χ2v) is 6.06. The molecule has 0 atom stereocenters. The van der Waals surface area contributed by atoms with Gasteiger partial charge in [-0.2, -0.15) is 0 Å². The molecule has 0 bridgehead atoms. The normalized spacial score (nSPS) is 13.2. The largest absolute Gasteiger partial charge is 0.258 e. The van der Waals surface area contributed by atoms with E-state index in [1.807, 2.05) is 6.07 Å². The Labute approximate surface area is 134 Å². The molecule has 0 amide bonds. The van der Waals surface area contributed by atoms with Crippen LogP contribution in [0.2, 0.25) is 0 Å². The fourth-order valence-corrected chi connectivity index (χ4v) is 3.79. The molecule has 0 radical (unpaired) electrons. The third-order valence-corrected chi connectivity index (χ3v) is 4.83. The smallest absolute Gasteiger partial charge is 0.116 e. The van der Waals surface area contributed by atoms with Crippen molar-refractivity contribution >= 4 is 11.0 Å². The van der Waals surface area contributed by atoms with Crippen LogP contribution in [0.5, 0.6) is 0 Å². The average Bonchev–Trinajstić information content (AvgIpc) is 3.20. The number of fused-ring (bicyclic) bond motifs is 4. The molecule has 0 spiro atoms. The lowest BCUT2D eigenvalue weighted by atomic mass is 9.90. The SMILES string of the molecule is c1ccc2c(c1)-c1ccccc1C2Cc1cccc2[nH]nnc12. The van der Waals surface area contributed by atoms with Gasteiger partial charge in [-0.1, -0.05) is 65.9 Å². The molecule has 1 aliphatic carbocycles. The highest BCUT2D eigenvalue weighted by molar-refractivity contribution is 5.81. The van der Waals surface area contributed by atoms with Gasteiger partial charge in [0, 0.05) is 5.92 Å². The van der Waals surface area contributed by atoms with Gasteiger partial charge in [0.2, 0.25) is 0 Å². The topological polar surface area (TPSA) is 41.6 Å². The molecule has 1 aromatic heterocycles. The molecule has 1 aliphatic rings. The number of aromatic nitrogens is 3. The van der Waals surface area contributed by atoms with Crippen molar-refractivity contribution in [2.24, 2.45) is 0 Å². The standard InChI is InChI=1S/C20H15N3/c1-3-9-16-14(7-1)15-8-2-4-10-17(15)18(16)12-13-6-5-11-19-20(13)22-23-21-19/h1-11,18H,12H2,(H,21,22,23). The molecule has 23 heavy (non-hydrogen) atoms. The van der Waals surface area contributed by atoms with Gasteiger partial charge in [0.25, 0.3) is 0 Å². The highest BCUT2D eigenvalue weighted by Crippen LogP contribution is 2.46. The molecule has 5 rings (SSSR count). The van der Waals surface area contributed by atoms with Crippen molar-refractivity contribution in [3.63, 3.8) is 0 Å². The minimum atomic E-state index is 0.379. The number of H-pyrrole nitrogens is 1. The molecule has 0 saturated heterocycles. The summed E-state index contributed by atoms with van der Waals surface area (Å²) in [5.41, 5.74) is 8.77. The number of hydrogen-bond donors (Lipinski definition) is 1. The number of aromatic amines is 1. The van der Waals surface area contributed by atoms with E-state index < -0.39 is 0 Å². The summed E-state index contributed by atoms with van der Waals surface area (Å²) < 4.78 is 0. The van der Waals surface area contributed by atoms with Crippen molar-refractivity contribution < 1.29 is 0 Å². The summed E-state index contributed by atoms with van der Waals surface area (Å²) >= 11 is 0. The fourth-order valence-electron chi connectivity index (χ4n) is 3.79. The lowest BCUT2D eigenvalue weighted by Crippen LogP contribution is -2.02. The third-order valence-electron chi connectivity index (χ3n) is 4.83. The van der Waals surface area contributed by atoms with Crippen LogP contribution in [0.25, 0.3) is 22.2 Å². The van der Waals surface area contributed by atoms with Crippen molar-refractivity contribution in [3.05, 3.63) is 83.4 Å². The maximum absolute atomic E-state index is 4.27. The van der Waals surface area contributed by atoms with E-state index in [4.69, 9.17) is 0 Å². The monoisotopic (exact) mass is 297 g/mol. The van der Waals surface area contributed by atoms with E-state index in [0.29, 0.717) is 5.92 Å². The third kappa shape index (κ3) is 1.83. The zero-order valence-corrected chi connectivity index (χ0v) is 12.5. The van der Waals surface area contributed by atoms with E-state index in [1.54, 1.807) is 0 Å². The Morgan fingerprint density at radius 2 is 1.48 bits per heavy atom. The van der Waals surface area contributed by atoms with Gasteiger partial charge in [0.05, 0.1) is 5.52 Å². The number of hydrogen-bond acceptors (Lipinski definition) is 2. The van der Waals surface area contributed by atoms with Crippen LogP contribution in [-0.2, 0) is 6.42 Å². The van der Waals surface area contributed by atoms with E-state index in [-0.39, 0.29) is 0 Å². The first-order chi connectivity index (χ1) is 11.4. The Balaban J connectivity index is 1.67. The Kier molecular flexibility index (Phi) is 2.62. The van der Waals surface area contributed by atoms with Gasteiger partial charge in [0.15, 0.2) is 0 Å². The Bertz CT molecular complexity index is 971. The lowest BCUT2D eigenvalue weighted by molar-refractivity contribution is 0.829. The van der Waals surface area contributed by atoms with Gasteiger partial charge >= 0.3 is 0 Å². The van der Waals surface area contributed by atoms with Crippen molar-refractivity contribution in [3.8, 4) is 11.1 Å². The van der Waals surface area contributed by atoms with E-state index in [2.05, 4.69) is 76.1 Å². The molecule has 0 aliphatic heterocycles. The van der Waals surface area contributed by atoms with Gasteiger partial charge in [-0.25, -0.2) is 0 Å². The zero-order valence-electron chi connectivity index (χ0n) is 12.5. The molecule has 4 aromatic rings. The molecule has 1 heterocycles. The number of nitrogens with one attached hydrogen (secondary N) is 1. The van der Waals surface area contributed by atoms with Gasteiger partial charge in [-0.3, -0.25) is 5.10 Å². The fraction of sp³-hybridized carbons (Fsp3) is 0.100. The van der Waals surface area contributed by atoms with E-state index in [0.717, 1.165) is 17.5 Å². The van der Waals surface area contributed by atoms with Crippen LogP contribution in [-0.4, -0.2) is 15.4 Å². The quantitative estimate of drug-likeness (QED) is 0.599. The van der Waals surface area contributed by atoms with Crippen LogP contribution in [0, 0.1) is 0 Å². The van der Waals surface area contributed by atoms with Crippen LogP contribution in [0.4, 0.5) is 0 Å². The van der Waals surface area contributed by atoms with Crippen LogP contribution < -0.4 is 0 Å². The molecule has 3 nitrogen and oxygen atoms in total. The minimum absolute atomic E-state index is 0.379. The maximum atomic E-state index is 4.27. The first-order valence-corrected chi connectivity index (χ1v) is 7.89. The molecular weight excluding hydrogens is 282 g/mol. The van der Waals surface area contributed by atoms with Crippen molar-refractivity contribution in [2.75, 3.05) is 0 Å². The Morgan fingerprint density at radius 3 is 2.22 bits per heavy atom. The van der Waals surface area contributed by atoms with E-state index in [1.165, 1.54) is 27.8 Å². The summed E-state index contributed by atoms with van der Waals surface area (Å²) in [7, 11) is 0. The molecule has 110 valence electrons. The maximum Gasteiger partial charge on any atom is 0.116 e. The van der Waals surface area contributed by atoms with Crippen LogP contribution in [0.1, 0.15) is 22.6 Å². The van der Waals surface area contributed by atoms with Gasteiger partial charge < -0.3 is 0 Å². The van der Waals surface area contributed by atoms with Crippen molar-refractivity contribution in [1.82, 2.24) is 15.4 Å².